The van der Waals surface area contributed by atoms with Gasteiger partial charge in [0.05, 0.1) is 15.6 Å². The van der Waals surface area contributed by atoms with E-state index in [1.54, 1.807) is 19.9 Å². The second kappa shape index (κ2) is 10.0. The average molecular weight is 460 g/mol. The number of ether oxygens (including phenoxy) is 1. The maximum Gasteiger partial charge on any atom is 0.338 e. The molecule has 2 rings (SSSR count). The van der Waals surface area contributed by atoms with Gasteiger partial charge in [-0.3, -0.25) is 4.79 Å². The van der Waals surface area contributed by atoms with Crippen molar-refractivity contribution in [2.24, 2.45) is 0 Å². The average Bonchev–Trinajstić information content (AvgIpc) is 2.69. The number of pyridine rings is 1. The van der Waals surface area contributed by atoms with Gasteiger partial charge in [0.1, 0.15) is 10.7 Å². The Balaban J connectivity index is 2.09. The molecule has 0 aliphatic heterocycles. The predicted molar refractivity (Wildman–Crippen MR) is 110 cm³/mol. The Morgan fingerprint density at radius 2 is 1.83 bits per heavy atom. The first-order valence-corrected chi connectivity index (χ1v) is 10.8. The van der Waals surface area contributed by atoms with Crippen molar-refractivity contribution in [1.29, 1.82) is 0 Å². The van der Waals surface area contributed by atoms with Crippen LogP contribution in [0.25, 0.3) is 0 Å². The van der Waals surface area contributed by atoms with Gasteiger partial charge in [0.15, 0.2) is 6.61 Å². The normalized spacial score (nSPS) is 11.3. The fourth-order valence-electron chi connectivity index (χ4n) is 2.37. The summed E-state index contributed by atoms with van der Waals surface area (Å²) < 4.78 is 31.6. The number of aromatic nitrogens is 1. The van der Waals surface area contributed by atoms with E-state index in [-0.39, 0.29) is 34.4 Å². The van der Waals surface area contributed by atoms with Crippen LogP contribution in [0.5, 0.6) is 0 Å². The largest absolute Gasteiger partial charge is 0.452 e. The minimum absolute atomic E-state index is 0.0139. The standard InChI is InChI=1S/C18H19Cl2N3O5S/c1-3-23(4-2)29(26,27)15-9-12(5-7-14(15)20)18(25)28-11-17(24)22-16-8-6-13(19)10-21-16/h5-10H,3-4,11H2,1-2H3,(H,21,22,24). The van der Waals surface area contributed by atoms with E-state index in [1.807, 2.05) is 0 Å². The van der Waals surface area contributed by atoms with E-state index < -0.39 is 28.5 Å². The smallest absolute Gasteiger partial charge is 0.338 e. The number of carbonyl (C=O) groups excluding carboxylic acids is 2. The van der Waals surface area contributed by atoms with Crippen molar-refractivity contribution in [3.63, 3.8) is 0 Å². The Labute approximate surface area is 178 Å². The molecular formula is C18H19Cl2N3O5S. The summed E-state index contributed by atoms with van der Waals surface area (Å²) in [7, 11) is -3.87. The van der Waals surface area contributed by atoms with Crippen molar-refractivity contribution in [2.45, 2.75) is 18.7 Å². The maximum atomic E-state index is 12.7. The SMILES string of the molecule is CCN(CC)S(=O)(=O)c1cc(C(=O)OCC(=O)Nc2ccc(Cl)cn2)ccc1Cl. The van der Waals surface area contributed by atoms with Gasteiger partial charge in [-0.15, -0.1) is 0 Å². The Kier molecular flexibility index (Phi) is 7.97. The predicted octanol–water partition coefficient (Wildman–Crippen LogP) is 3.21. The fourth-order valence-corrected chi connectivity index (χ4v) is 4.44. The summed E-state index contributed by atoms with van der Waals surface area (Å²) in [6.45, 7) is 3.32. The number of hydrogen-bond donors (Lipinski definition) is 1. The molecule has 0 saturated carbocycles. The molecule has 1 amide bonds. The van der Waals surface area contributed by atoms with Crippen LogP contribution in [0, 0.1) is 0 Å². The van der Waals surface area contributed by atoms with Crippen molar-refractivity contribution in [1.82, 2.24) is 9.29 Å². The molecule has 2 aromatic rings. The molecule has 0 aliphatic rings. The Bertz CT molecular complexity index is 993. The molecular weight excluding hydrogens is 441 g/mol. The molecule has 1 aromatic carbocycles. The summed E-state index contributed by atoms with van der Waals surface area (Å²) in [6.07, 6.45) is 1.36. The third-order valence-corrected chi connectivity index (χ3v) is 6.57. The molecule has 0 aliphatic carbocycles. The lowest BCUT2D eigenvalue weighted by Gasteiger charge is -2.19. The van der Waals surface area contributed by atoms with Gasteiger partial charge in [0, 0.05) is 19.3 Å². The molecule has 8 nitrogen and oxygen atoms in total. The van der Waals surface area contributed by atoms with Crippen LogP contribution in [0.15, 0.2) is 41.4 Å². The summed E-state index contributed by atoms with van der Waals surface area (Å²) in [5.41, 5.74) is -0.0439. The van der Waals surface area contributed by atoms with Crippen molar-refractivity contribution >= 4 is 50.9 Å². The number of halogens is 2. The van der Waals surface area contributed by atoms with Crippen molar-refractivity contribution in [2.75, 3.05) is 25.0 Å². The summed E-state index contributed by atoms with van der Waals surface area (Å²) in [4.78, 5) is 27.8. The highest BCUT2D eigenvalue weighted by Gasteiger charge is 2.26. The summed E-state index contributed by atoms with van der Waals surface area (Å²) in [5.74, 6) is -1.23. The molecule has 0 radical (unpaired) electrons. The summed E-state index contributed by atoms with van der Waals surface area (Å²) in [5, 5.41) is 2.84. The highest BCUT2D eigenvalue weighted by Crippen LogP contribution is 2.26. The quantitative estimate of drug-likeness (QED) is 0.607. The van der Waals surface area contributed by atoms with Gasteiger partial charge in [-0.1, -0.05) is 37.0 Å². The van der Waals surface area contributed by atoms with Crippen LogP contribution in [0.1, 0.15) is 24.2 Å². The minimum Gasteiger partial charge on any atom is -0.452 e. The molecule has 0 fully saturated rings. The first-order valence-electron chi connectivity index (χ1n) is 8.57. The Morgan fingerprint density at radius 1 is 1.14 bits per heavy atom. The highest BCUT2D eigenvalue weighted by molar-refractivity contribution is 7.89. The number of carbonyl (C=O) groups is 2. The van der Waals surface area contributed by atoms with Crippen LogP contribution in [0.2, 0.25) is 10.0 Å². The van der Waals surface area contributed by atoms with Crippen LogP contribution in [-0.2, 0) is 19.6 Å². The van der Waals surface area contributed by atoms with E-state index in [0.29, 0.717) is 5.02 Å². The third kappa shape index (κ3) is 5.89. The van der Waals surface area contributed by atoms with Crippen LogP contribution in [0.3, 0.4) is 0 Å². The molecule has 1 N–H and O–H groups in total. The Hall–Kier alpha value is -2.20. The van der Waals surface area contributed by atoms with Gasteiger partial charge in [-0.05, 0) is 30.3 Å². The van der Waals surface area contributed by atoms with E-state index in [1.165, 1.54) is 28.7 Å². The first kappa shape index (κ1) is 23.1. The van der Waals surface area contributed by atoms with Gasteiger partial charge >= 0.3 is 5.97 Å². The van der Waals surface area contributed by atoms with Crippen molar-refractivity contribution in [3.8, 4) is 0 Å². The Morgan fingerprint density at radius 3 is 2.41 bits per heavy atom. The van der Waals surface area contributed by atoms with Gasteiger partial charge in [-0.2, -0.15) is 4.31 Å². The number of anilines is 1. The van der Waals surface area contributed by atoms with Crippen LogP contribution < -0.4 is 5.32 Å². The first-order chi connectivity index (χ1) is 13.7. The molecule has 0 atom stereocenters. The third-order valence-electron chi connectivity index (χ3n) is 3.82. The van der Waals surface area contributed by atoms with E-state index >= 15 is 0 Å². The van der Waals surface area contributed by atoms with Gasteiger partial charge in [0.2, 0.25) is 10.0 Å². The molecule has 0 saturated heterocycles. The molecule has 0 unspecified atom stereocenters. The lowest BCUT2D eigenvalue weighted by atomic mass is 10.2. The lowest BCUT2D eigenvalue weighted by molar-refractivity contribution is -0.119. The summed E-state index contributed by atoms with van der Waals surface area (Å²) >= 11 is 11.7. The van der Waals surface area contributed by atoms with E-state index in [4.69, 9.17) is 27.9 Å². The molecule has 0 bridgehead atoms. The number of esters is 1. The van der Waals surface area contributed by atoms with Gasteiger partial charge in [-0.25, -0.2) is 18.2 Å². The van der Waals surface area contributed by atoms with Crippen molar-refractivity contribution < 1.29 is 22.7 Å². The van der Waals surface area contributed by atoms with Crippen LogP contribution >= 0.6 is 23.2 Å². The molecule has 11 heteroatoms. The molecule has 156 valence electrons. The van der Waals surface area contributed by atoms with E-state index in [9.17, 15) is 18.0 Å². The molecule has 1 aromatic heterocycles. The van der Waals surface area contributed by atoms with E-state index in [2.05, 4.69) is 10.3 Å². The number of amides is 1. The zero-order valence-electron chi connectivity index (χ0n) is 15.7. The number of nitrogens with one attached hydrogen (secondary N) is 1. The molecule has 29 heavy (non-hydrogen) atoms. The van der Waals surface area contributed by atoms with Crippen LogP contribution in [0.4, 0.5) is 5.82 Å². The summed E-state index contributed by atoms with van der Waals surface area (Å²) in [6, 6.07) is 6.79. The van der Waals surface area contributed by atoms with Gasteiger partial charge in [0.25, 0.3) is 5.91 Å². The van der Waals surface area contributed by atoms with Crippen molar-refractivity contribution in [3.05, 3.63) is 52.1 Å². The second-order valence-corrected chi connectivity index (χ2v) is 8.47. The van der Waals surface area contributed by atoms with Crippen LogP contribution in [-0.4, -0.2) is 49.3 Å². The number of benzene rings is 1. The number of rotatable bonds is 8. The topological polar surface area (TPSA) is 106 Å². The number of sulfonamides is 1. The minimum atomic E-state index is -3.87. The second-order valence-electron chi connectivity index (χ2n) is 5.72. The zero-order chi connectivity index (χ0) is 21.6. The number of nitrogens with zero attached hydrogens (tertiary/aromatic N) is 2. The molecule has 1 heterocycles. The highest BCUT2D eigenvalue weighted by atomic mass is 35.5. The fraction of sp³-hybridized carbons (Fsp3) is 0.278. The number of hydrogen-bond acceptors (Lipinski definition) is 6. The van der Waals surface area contributed by atoms with Gasteiger partial charge < -0.3 is 10.1 Å². The monoisotopic (exact) mass is 459 g/mol. The van der Waals surface area contributed by atoms with E-state index in [0.717, 1.165) is 6.07 Å². The zero-order valence-corrected chi connectivity index (χ0v) is 18.0. The maximum absolute atomic E-state index is 12.7. The lowest BCUT2D eigenvalue weighted by Crippen LogP contribution is -2.31. The molecule has 0 spiro atoms.